The molecule has 12 heteroatoms. The van der Waals surface area contributed by atoms with Crippen LogP contribution in [0, 0.1) is 23.3 Å². The standard InChI is InChI=1S/C22H16F4N4O2S2/c1-32-11-30(34(31)17-10-13(23)2-3-14(17)24)16-5-4-15(25)18(19(16)26)20-21(33-22(27)29-20)12-6-8-28-9-7-12/h2-10H,11H2,1H3,(H2,27,29). The Bertz CT molecular complexity index is 1370. The molecule has 1 unspecified atom stereocenters. The molecule has 0 saturated heterocycles. The third-order valence-corrected chi connectivity index (χ3v) is 7.02. The summed E-state index contributed by atoms with van der Waals surface area (Å²) in [6.45, 7) is -0.471. The van der Waals surface area contributed by atoms with Crippen LogP contribution >= 0.6 is 11.3 Å². The maximum Gasteiger partial charge on any atom is 0.181 e. The molecular formula is C22H16F4N4O2S2. The third kappa shape index (κ3) is 4.52. The molecule has 2 aromatic heterocycles. The first-order chi connectivity index (χ1) is 16.3. The second-order valence-electron chi connectivity index (χ2n) is 6.84. The number of pyridine rings is 1. The zero-order chi connectivity index (χ0) is 24.4. The summed E-state index contributed by atoms with van der Waals surface area (Å²) in [5.41, 5.74) is 5.48. The molecule has 0 bridgehead atoms. The smallest absolute Gasteiger partial charge is 0.181 e. The molecule has 2 aromatic carbocycles. The molecule has 176 valence electrons. The van der Waals surface area contributed by atoms with Crippen LogP contribution in [0.3, 0.4) is 0 Å². The van der Waals surface area contributed by atoms with Gasteiger partial charge in [0.15, 0.2) is 21.9 Å². The van der Waals surface area contributed by atoms with Crippen molar-refractivity contribution in [3.8, 4) is 21.7 Å². The van der Waals surface area contributed by atoms with E-state index < -0.39 is 51.4 Å². The number of nitrogens with two attached hydrogens (primary N) is 1. The van der Waals surface area contributed by atoms with E-state index in [-0.39, 0.29) is 16.5 Å². The van der Waals surface area contributed by atoms with Crippen molar-refractivity contribution in [3.63, 3.8) is 0 Å². The number of hydrogen-bond acceptors (Lipinski definition) is 6. The molecule has 6 nitrogen and oxygen atoms in total. The van der Waals surface area contributed by atoms with Gasteiger partial charge in [0.2, 0.25) is 0 Å². The normalized spacial score (nSPS) is 12.0. The second kappa shape index (κ2) is 9.87. The van der Waals surface area contributed by atoms with Crippen LogP contribution in [-0.2, 0) is 15.7 Å². The quantitative estimate of drug-likeness (QED) is 0.276. The molecule has 34 heavy (non-hydrogen) atoms. The zero-order valence-electron chi connectivity index (χ0n) is 17.5. The average molecular weight is 509 g/mol. The number of thiazole rings is 1. The molecule has 2 heterocycles. The highest BCUT2D eigenvalue weighted by Crippen LogP contribution is 2.42. The van der Waals surface area contributed by atoms with Crippen molar-refractivity contribution in [3.05, 3.63) is 78.1 Å². The molecule has 4 aromatic rings. The van der Waals surface area contributed by atoms with E-state index in [0.29, 0.717) is 10.4 Å². The first-order valence-corrected chi connectivity index (χ1v) is 11.5. The van der Waals surface area contributed by atoms with Gasteiger partial charge in [-0.1, -0.05) is 11.3 Å². The minimum absolute atomic E-state index is 0.0642. The Kier molecular flexibility index (Phi) is 6.91. The van der Waals surface area contributed by atoms with Crippen molar-refractivity contribution < 1.29 is 26.5 Å². The molecule has 0 aliphatic heterocycles. The number of aromatic nitrogens is 2. The zero-order valence-corrected chi connectivity index (χ0v) is 19.1. The Labute approximate surface area is 198 Å². The summed E-state index contributed by atoms with van der Waals surface area (Å²) < 4.78 is 77.7. The first-order valence-electron chi connectivity index (χ1n) is 9.60. The van der Waals surface area contributed by atoms with E-state index in [4.69, 9.17) is 10.5 Å². The van der Waals surface area contributed by atoms with Crippen LogP contribution < -0.4 is 10.0 Å². The Hall–Kier alpha value is -3.35. The van der Waals surface area contributed by atoms with Crippen LogP contribution in [0.15, 0.2) is 59.8 Å². The maximum absolute atomic E-state index is 15.8. The monoisotopic (exact) mass is 508 g/mol. The van der Waals surface area contributed by atoms with Gasteiger partial charge < -0.3 is 10.5 Å². The average Bonchev–Trinajstić information content (AvgIpc) is 3.21. The van der Waals surface area contributed by atoms with Crippen molar-refractivity contribution in [1.82, 2.24) is 9.97 Å². The van der Waals surface area contributed by atoms with Gasteiger partial charge >= 0.3 is 0 Å². The molecule has 0 aliphatic rings. The van der Waals surface area contributed by atoms with Crippen LogP contribution in [0.2, 0.25) is 0 Å². The largest absolute Gasteiger partial charge is 0.375 e. The van der Waals surface area contributed by atoms with Gasteiger partial charge in [-0.2, -0.15) is 0 Å². The van der Waals surface area contributed by atoms with E-state index in [9.17, 15) is 17.4 Å². The van der Waals surface area contributed by atoms with Crippen LogP contribution in [-0.4, -0.2) is 28.0 Å². The van der Waals surface area contributed by atoms with Gasteiger partial charge in [0.1, 0.15) is 24.2 Å². The number of rotatable bonds is 7. The van der Waals surface area contributed by atoms with E-state index in [1.165, 1.54) is 19.5 Å². The first kappa shape index (κ1) is 23.8. The van der Waals surface area contributed by atoms with E-state index in [2.05, 4.69) is 9.97 Å². The van der Waals surface area contributed by atoms with Crippen molar-refractivity contribution in [1.29, 1.82) is 0 Å². The Morgan fingerprint density at radius 3 is 2.47 bits per heavy atom. The van der Waals surface area contributed by atoms with E-state index in [0.717, 1.165) is 46.0 Å². The molecule has 2 N–H and O–H groups in total. The number of nitrogen functional groups attached to an aromatic ring is 1. The van der Waals surface area contributed by atoms with Gasteiger partial charge in [-0.05, 0) is 48.0 Å². The predicted molar refractivity (Wildman–Crippen MR) is 122 cm³/mol. The molecule has 0 saturated carbocycles. The summed E-state index contributed by atoms with van der Waals surface area (Å²) >= 11 is 1.03. The van der Waals surface area contributed by atoms with Gasteiger partial charge in [-0.25, -0.2) is 26.8 Å². The molecule has 4 rings (SSSR count). The highest BCUT2D eigenvalue weighted by molar-refractivity contribution is 7.86. The molecule has 0 aliphatic carbocycles. The molecule has 0 amide bonds. The fourth-order valence-corrected chi connectivity index (χ4v) is 5.26. The van der Waals surface area contributed by atoms with Gasteiger partial charge in [-0.3, -0.25) is 9.29 Å². The highest BCUT2D eigenvalue weighted by atomic mass is 32.2. The summed E-state index contributed by atoms with van der Waals surface area (Å²) in [4.78, 5) is 7.91. The Morgan fingerprint density at radius 2 is 1.76 bits per heavy atom. The lowest BCUT2D eigenvalue weighted by atomic mass is 10.1. The number of halogens is 4. The van der Waals surface area contributed by atoms with E-state index >= 15 is 4.39 Å². The fourth-order valence-electron chi connectivity index (χ4n) is 3.21. The van der Waals surface area contributed by atoms with Crippen molar-refractivity contribution in [2.24, 2.45) is 0 Å². The van der Waals surface area contributed by atoms with Gasteiger partial charge in [-0.15, -0.1) is 0 Å². The lowest BCUT2D eigenvalue weighted by Crippen LogP contribution is -2.29. The number of anilines is 2. The lowest BCUT2D eigenvalue weighted by molar-refractivity contribution is 0.210. The molecule has 1 atom stereocenters. The summed E-state index contributed by atoms with van der Waals surface area (Å²) in [6, 6.07) is 7.66. The number of ether oxygens (including phenoxy) is 1. The van der Waals surface area contributed by atoms with Gasteiger partial charge in [0.05, 0.1) is 26.7 Å². The van der Waals surface area contributed by atoms with Crippen LogP contribution in [0.25, 0.3) is 21.7 Å². The Morgan fingerprint density at radius 1 is 1.06 bits per heavy atom. The van der Waals surface area contributed by atoms with E-state index in [1.807, 2.05) is 0 Å². The summed E-state index contributed by atoms with van der Waals surface area (Å²) in [6.07, 6.45) is 3.02. The number of methoxy groups -OCH3 is 1. The molecule has 0 fully saturated rings. The lowest BCUT2D eigenvalue weighted by Gasteiger charge is -2.24. The van der Waals surface area contributed by atoms with Gasteiger partial charge in [0, 0.05) is 19.5 Å². The number of hydrogen-bond donors (Lipinski definition) is 1. The number of benzene rings is 2. The summed E-state index contributed by atoms with van der Waals surface area (Å²) in [5.74, 6) is -3.86. The maximum atomic E-state index is 15.8. The SMILES string of the molecule is COCN(c1ccc(F)c(-c2nc(N)sc2-c2ccncc2)c1F)S(=O)c1cc(F)ccc1F. The van der Waals surface area contributed by atoms with E-state index in [1.54, 1.807) is 12.1 Å². The van der Waals surface area contributed by atoms with Crippen LogP contribution in [0.5, 0.6) is 0 Å². The molecular weight excluding hydrogens is 492 g/mol. The van der Waals surface area contributed by atoms with Gasteiger partial charge in [0.25, 0.3) is 0 Å². The topological polar surface area (TPSA) is 81.3 Å². The predicted octanol–water partition coefficient (Wildman–Crippen LogP) is 5.14. The number of nitrogens with zero attached hydrogens (tertiary/aromatic N) is 3. The minimum atomic E-state index is -2.43. The third-order valence-electron chi connectivity index (χ3n) is 4.69. The van der Waals surface area contributed by atoms with Crippen molar-refractivity contribution in [2.75, 3.05) is 23.9 Å². The fraction of sp³-hybridized carbons (Fsp3) is 0.0909. The molecule has 0 radical (unpaired) electrons. The van der Waals surface area contributed by atoms with Crippen LogP contribution in [0.4, 0.5) is 28.4 Å². The van der Waals surface area contributed by atoms with Crippen molar-refractivity contribution in [2.45, 2.75) is 4.90 Å². The minimum Gasteiger partial charge on any atom is -0.375 e. The molecule has 0 spiro atoms. The van der Waals surface area contributed by atoms with Crippen molar-refractivity contribution >= 4 is 33.1 Å². The Balaban J connectivity index is 1.88. The summed E-state index contributed by atoms with van der Waals surface area (Å²) in [5, 5.41) is 0.0742. The summed E-state index contributed by atoms with van der Waals surface area (Å²) in [7, 11) is -1.18. The second-order valence-corrected chi connectivity index (χ2v) is 9.25. The van der Waals surface area contributed by atoms with Crippen LogP contribution in [0.1, 0.15) is 0 Å². The highest BCUT2D eigenvalue weighted by Gasteiger charge is 2.28.